The molecule has 3 aromatic rings. The minimum atomic E-state index is -2.91. The van der Waals surface area contributed by atoms with Crippen molar-refractivity contribution in [2.75, 3.05) is 9.80 Å². The first-order valence-corrected chi connectivity index (χ1v) is 13.5. The van der Waals surface area contributed by atoms with Crippen molar-refractivity contribution in [3.8, 4) is 6.07 Å². The number of alkyl halides is 2. The van der Waals surface area contributed by atoms with Gasteiger partial charge in [-0.2, -0.15) is 5.26 Å². The van der Waals surface area contributed by atoms with Crippen molar-refractivity contribution in [3.05, 3.63) is 83.0 Å². The van der Waals surface area contributed by atoms with Crippen LogP contribution in [0.5, 0.6) is 0 Å². The lowest BCUT2D eigenvalue weighted by Crippen LogP contribution is -2.54. The lowest BCUT2D eigenvalue weighted by Gasteiger charge is -2.38. The van der Waals surface area contributed by atoms with Crippen molar-refractivity contribution >= 4 is 40.8 Å². The normalized spacial score (nSPS) is 18.6. The van der Waals surface area contributed by atoms with Gasteiger partial charge in [0.05, 0.1) is 29.7 Å². The summed E-state index contributed by atoms with van der Waals surface area (Å²) in [5.74, 6) is -5.26. The van der Waals surface area contributed by atoms with Crippen molar-refractivity contribution in [2.24, 2.45) is 0 Å². The number of carbonyl (C=O) groups excluding carboxylic acids is 3. The molecule has 13 heteroatoms. The molecular weight excluding hydrogens is 573 g/mol. The minimum Gasteiger partial charge on any atom is -0.351 e. The van der Waals surface area contributed by atoms with Crippen molar-refractivity contribution in [3.63, 3.8) is 0 Å². The van der Waals surface area contributed by atoms with Crippen LogP contribution in [0.4, 0.5) is 24.7 Å². The largest absolute Gasteiger partial charge is 0.351 e. The fourth-order valence-electron chi connectivity index (χ4n) is 5.28. The average Bonchev–Trinajstić information content (AvgIpc) is 3.30. The number of benzene rings is 1. The molecule has 5 rings (SSSR count). The molecule has 1 saturated heterocycles. The molecule has 1 saturated carbocycles. The summed E-state index contributed by atoms with van der Waals surface area (Å²) in [6, 6.07) is 9.15. The van der Waals surface area contributed by atoms with E-state index in [1.165, 1.54) is 41.6 Å². The molecule has 0 spiro atoms. The van der Waals surface area contributed by atoms with E-state index >= 15 is 0 Å². The second kappa shape index (κ2) is 11.8. The number of carbonyl (C=O) groups is 3. The van der Waals surface area contributed by atoms with Gasteiger partial charge in [-0.15, -0.1) is 0 Å². The lowest BCUT2D eigenvalue weighted by molar-refractivity contribution is -0.133. The Hall–Kier alpha value is -4.50. The fourth-order valence-corrected chi connectivity index (χ4v) is 5.52. The molecule has 2 atom stereocenters. The number of halogens is 4. The van der Waals surface area contributed by atoms with Gasteiger partial charge in [0.25, 0.3) is 5.92 Å². The highest BCUT2D eigenvalue weighted by molar-refractivity contribution is 6.31. The summed E-state index contributed by atoms with van der Waals surface area (Å²) in [4.78, 5) is 51.1. The average molecular weight is 597 g/mol. The maximum absolute atomic E-state index is 14.4. The van der Waals surface area contributed by atoms with Gasteiger partial charge in [-0.3, -0.25) is 29.2 Å². The summed E-state index contributed by atoms with van der Waals surface area (Å²) in [5.41, 5.74) is 0.386. The lowest BCUT2D eigenvalue weighted by atomic mass is 9.87. The highest BCUT2D eigenvalue weighted by Crippen LogP contribution is 2.39. The van der Waals surface area contributed by atoms with E-state index in [1.54, 1.807) is 12.1 Å². The third-order valence-electron chi connectivity index (χ3n) is 7.24. The highest BCUT2D eigenvalue weighted by Gasteiger charge is 2.47. The minimum absolute atomic E-state index is 0.0699. The topological polar surface area (TPSA) is 119 Å². The maximum Gasteiger partial charge on any atom is 0.252 e. The number of hydrogen-bond donors (Lipinski definition) is 1. The molecule has 2 aromatic heterocycles. The molecule has 1 N–H and O–H groups in total. The quantitative estimate of drug-likeness (QED) is 0.402. The smallest absolute Gasteiger partial charge is 0.252 e. The van der Waals surface area contributed by atoms with Crippen LogP contribution in [0.3, 0.4) is 0 Å². The van der Waals surface area contributed by atoms with Gasteiger partial charge in [-0.1, -0.05) is 29.8 Å². The summed E-state index contributed by atoms with van der Waals surface area (Å²) in [6.45, 7) is 0. The number of aromatic nitrogens is 2. The first-order valence-electron chi connectivity index (χ1n) is 13.1. The molecule has 3 amide bonds. The van der Waals surface area contributed by atoms with Crippen LogP contribution in [0, 0.1) is 17.1 Å². The van der Waals surface area contributed by atoms with Crippen LogP contribution in [0.2, 0.25) is 5.02 Å². The Morgan fingerprint density at radius 2 is 1.98 bits per heavy atom. The second-order valence-corrected chi connectivity index (χ2v) is 10.6. The number of nitrogens with zero attached hydrogens (tertiary/aromatic N) is 5. The zero-order valence-corrected chi connectivity index (χ0v) is 22.8. The number of nitriles is 1. The number of nitrogens with one attached hydrogen (secondary N) is 1. The maximum atomic E-state index is 14.4. The monoisotopic (exact) mass is 596 g/mol. The van der Waals surface area contributed by atoms with Gasteiger partial charge >= 0.3 is 0 Å². The molecule has 0 bridgehead atoms. The molecule has 42 heavy (non-hydrogen) atoms. The summed E-state index contributed by atoms with van der Waals surface area (Å²) < 4.78 is 41.5. The Balaban J connectivity index is 1.53. The van der Waals surface area contributed by atoms with Gasteiger partial charge in [0.2, 0.25) is 17.7 Å². The Labute approximate surface area is 243 Å². The van der Waals surface area contributed by atoms with Crippen LogP contribution in [0.1, 0.15) is 49.3 Å². The number of amides is 3. The number of rotatable bonds is 8. The molecule has 9 nitrogen and oxygen atoms in total. The van der Waals surface area contributed by atoms with E-state index in [1.807, 2.05) is 6.07 Å². The first kappa shape index (κ1) is 29.0. The Bertz CT molecular complexity index is 1570. The number of hydrogen-bond acceptors (Lipinski definition) is 6. The molecule has 1 aliphatic heterocycles. The molecule has 0 radical (unpaired) electrons. The van der Waals surface area contributed by atoms with E-state index in [4.69, 9.17) is 11.6 Å². The van der Waals surface area contributed by atoms with Gasteiger partial charge in [-0.05, 0) is 24.6 Å². The molecule has 0 unspecified atom stereocenters. The molecule has 1 aromatic carbocycles. The molecule has 2 fully saturated rings. The molecular formula is C29H24ClF3N6O3. The van der Waals surface area contributed by atoms with E-state index < -0.39 is 54.5 Å². The summed E-state index contributed by atoms with van der Waals surface area (Å²) in [5, 5.41) is 12.0. The predicted octanol–water partition coefficient (Wildman–Crippen LogP) is 4.71. The van der Waals surface area contributed by atoms with Gasteiger partial charge in [-0.25, -0.2) is 18.2 Å². The standard InChI is InChI=1S/C29H24ClF3N6O3/c30-23-4-2-1-3-22(23)27(28(42)37-19-12-29(32,33)13-19)39(21-10-18(31)15-35-16-21)26(41)11-20-5-6-25(40)38(20)24-9-17(14-34)7-8-36-24/h1-4,7-10,15-16,19-20,27H,5-6,11-13H2,(H,37,42)/t20-,27-/m0/s1. The Morgan fingerprint density at radius 1 is 1.21 bits per heavy atom. The van der Waals surface area contributed by atoms with E-state index in [0.29, 0.717) is 0 Å². The fraction of sp³-hybridized carbons (Fsp3) is 0.310. The number of pyridine rings is 2. The van der Waals surface area contributed by atoms with E-state index in [0.717, 1.165) is 17.2 Å². The predicted molar refractivity (Wildman–Crippen MR) is 146 cm³/mol. The van der Waals surface area contributed by atoms with Crippen LogP contribution < -0.4 is 15.1 Å². The van der Waals surface area contributed by atoms with Gasteiger partial charge in [0.15, 0.2) is 0 Å². The molecule has 2 aliphatic rings. The molecule has 3 heterocycles. The van der Waals surface area contributed by atoms with Crippen LogP contribution in [-0.4, -0.2) is 45.7 Å². The van der Waals surface area contributed by atoms with E-state index in [9.17, 15) is 32.8 Å². The summed E-state index contributed by atoms with van der Waals surface area (Å²) in [6.07, 6.45) is 2.47. The third-order valence-corrected chi connectivity index (χ3v) is 7.58. The van der Waals surface area contributed by atoms with Gasteiger partial charge in [0, 0.05) is 60.6 Å². The highest BCUT2D eigenvalue weighted by atomic mass is 35.5. The summed E-state index contributed by atoms with van der Waals surface area (Å²) >= 11 is 6.47. The van der Waals surface area contributed by atoms with Crippen molar-refractivity contribution in [2.45, 2.75) is 56.2 Å². The Morgan fingerprint density at radius 3 is 2.67 bits per heavy atom. The van der Waals surface area contributed by atoms with Gasteiger partial charge < -0.3 is 5.32 Å². The van der Waals surface area contributed by atoms with Crippen LogP contribution in [-0.2, 0) is 14.4 Å². The summed E-state index contributed by atoms with van der Waals surface area (Å²) in [7, 11) is 0. The first-order chi connectivity index (χ1) is 20.1. The van der Waals surface area contributed by atoms with E-state index in [2.05, 4.69) is 15.3 Å². The van der Waals surface area contributed by atoms with Crippen molar-refractivity contribution in [1.82, 2.24) is 15.3 Å². The van der Waals surface area contributed by atoms with Crippen LogP contribution in [0.25, 0.3) is 0 Å². The van der Waals surface area contributed by atoms with Gasteiger partial charge in [0.1, 0.15) is 17.7 Å². The SMILES string of the molecule is N#Cc1ccnc(N2C(=O)CC[C@H]2CC(=O)N(c2cncc(F)c2)[C@H](C(=O)NC2CC(F)(F)C2)c2ccccc2Cl)c1. The Kier molecular flexibility index (Phi) is 8.13. The molecule has 1 aliphatic carbocycles. The zero-order chi connectivity index (χ0) is 30.0. The third kappa shape index (κ3) is 6.06. The van der Waals surface area contributed by atoms with Crippen molar-refractivity contribution in [1.29, 1.82) is 5.26 Å². The van der Waals surface area contributed by atoms with Crippen LogP contribution in [0.15, 0.2) is 61.1 Å². The van der Waals surface area contributed by atoms with Crippen LogP contribution >= 0.6 is 11.6 Å². The van der Waals surface area contributed by atoms with Crippen molar-refractivity contribution < 1.29 is 27.6 Å². The second-order valence-electron chi connectivity index (χ2n) is 10.2. The zero-order valence-electron chi connectivity index (χ0n) is 22.0. The molecule has 216 valence electrons. The van der Waals surface area contributed by atoms with E-state index in [-0.39, 0.29) is 52.8 Å². The number of anilines is 2.